The molecule has 0 N–H and O–H groups in total. The molecule has 1 atom stereocenters. The van der Waals surface area contributed by atoms with Crippen molar-refractivity contribution < 1.29 is 19.1 Å². The molecule has 3 rings (SSSR count). The van der Waals surface area contributed by atoms with Crippen LogP contribution in [-0.4, -0.2) is 69.8 Å². The molecular formula is C24H30N4O4. The van der Waals surface area contributed by atoms with Gasteiger partial charge in [-0.15, -0.1) is 0 Å². The van der Waals surface area contributed by atoms with E-state index >= 15 is 0 Å². The van der Waals surface area contributed by atoms with Gasteiger partial charge in [-0.05, 0) is 27.2 Å². The Balaban J connectivity index is 1.96. The first kappa shape index (κ1) is 23.4. The highest BCUT2D eigenvalue weighted by Crippen LogP contribution is 2.22. The maximum Gasteiger partial charge on any atom is 0.342 e. The Hall–Kier alpha value is -3.29. The van der Waals surface area contributed by atoms with Gasteiger partial charge in [0.25, 0.3) is 5.91 Å². The zero-order valence-electron chi connectivity index (χ0n) is 19.1. The number of hydrogen-bond donors (Lipinski definition) is 0. The lowest BCUT2D eigenvalue weighted by Gasteiger charge is -2.40. The van der Waals surface area contributed by atoms with Crippen LogP contribution in [0.5, 0.6) is 0 Å². The number of amides is 2. The van der Waals surface area contributed by atoms with E-state index in [0.29, 0.717) is 37.6 Å². The fourth-order valence-electron chi connectivity index (χ4n) is 3.91. The number of aromatic nitrogens is 2. The maximum atomic E-state index is 13.5. The van der Waals surface area contributed by atoms with E-state index in [1.165, 1.54) is 0 Å². The summed E-state index contributed by atoms with van der Waals surface area (Å²) in [5.41, 5.74) is 1.28. The van der Waals surface area contributed by atoms with Crippen LogP contribution in [0.3, 0.4) is 0 Å². The highest BCUT2D eigenvalue weighted by Gasteiger charge is 2.33. The molecule has 2 aromatic rings. The van der Waals surface area contributed by atoms with Gasteiger partial charge in [0.2, 0.25) is 5.91 Å². The summed E-state index contributed by atoms with van der Waals surface area (Å²) >= 11 is 0. The topological polar surface area (TPSA) is 92.7 Å². The predicted octanol–water partition coefficient (Wildman–Crippen LogP) is 3.10. The van der Waals surface area contributed by atoms with Crippen molar-refractivity contribution in [2.45, 2.75) is 46.6 Å². The molecule has 1 saturated heterocycles. The number of nitrogens with zero attached hydrogens (tertiary/aromatic N) is 4. The molecule has 0 spiro atoms. The maximum absolute atomic E-state index is 13.5. The van der Waals surface area contributed by atoms with E-state index in [4.69, 9.17) is 4.74 Å². The van der Waals surface area contributed by atoms with Crippen LogP contribution < -0.4 is 0 Å². The average Bonchev–Trinajstić information content (AvgIpc) is 2.78. The third-order valence-corrected chi connectivity index (χ3v) is 5.50. The third kappa shape index (κ3) is 4.95. The lowest BCUT2D eigenvalue weighted by molar-refractivity contribution is -0.135. The second-order valence-corrected chi connectivity index (χ2v) is 7.88. The Kier molecular flexibility index (Phi) is 7.56. The van der Waals surface area contributed by atoms with Crippen molar-refractivity contribution >= 4 is 17.8 Å². The Morgan fingerprint density at radius 1 is 1.09 bits per heavy atom. The van der Waals surface area contributed by atoms with Crippen molar-refractivity contribution in [1.29, 1.82) is 0 Å². The first-order valence-electron chi connectivity index (χ1n) is 11.1. The summed E-state index contributed by atoms with van der Waals surface area (Å²) < 4.78 is 5.19. The second-order valence-electron chi connectivity index (χ2n) is 7.88. The summed E-state index contributed by atoms with van der Waals surface area (Å²) in [7, 11) is 0. The number of rotatable bonds is 6. The number of benzene rings is 1. The lowest BCUT2D eigenvalue weighted by atomic mass is 10.1. The minimum atomic E-state index is -0.613. The summed E-state index contributed by atoms with van der Waals surface area (Å²) in [5, 5.41) is 0. The number of esters is 1. The second kappa shape index (κ2) is 10.3. The van der Waals surface area contributed by atoms with Crippen molar-refractivity contribution in [1.82, 2.24) is 19.8 Å². The van der Waals surface area contributed by atoms with Crippen LogP contribution in [0.2, 0.25) is 0 Å². The molecule has 0 radical (unpaired) electrons. The van der Waals surface area contributed by atoms with Crippen molar-refractivity contribution in [2.24, 2.45) is 0 Å². The smallest absolute Gasteiger partial charge is 0.342 e. The molecule has 8 nitrogen and oxygen atoms in total. The van der Waals surface area contributed by atoms with Crippen LogP contribution in [0, 0.1) is 6.92 Å². The zero-order valence-corrected chi connectivity index (χ0v) is 19.1. The number of ether oxygens (including phenoxy) is 1. The molecule has 1 unspecified atom stereocenters. The highest BCUT2D eigenvalue weighted by atomic mass is 16.5. The molecule has 2 heterocycles. The fourth-order valence-corrected chi connectivity index (χ4v) is 3.91. The molecule has 1 aliphatic heterocycles. The van der Waals surface area contributed by atoms with E-state index in [1.807, 2.05) is 49.1 Å². The van der Waals surface area contributed by atoms with E-state index < -0.39 is 5.97 Å². The number of carbonyl (C=O) groups excluding carboxylic acids is 3. The Labute approximate surface area is 188 Å². The molecule has 8 heteroatoms. The van der Waals surface area contributed by atoms with E-state index in [9.17, 15) is 14.4 Å². The first-order valence-corrected chi connectivity index (χ1v) is 11.1. The first-order chi connectivity index (χ1) is 15.4. The molecule has 0 saturated carbocycles. The van der Waals surface area contributed by atoms with Crippen LogP contribution in [-0.2, 0) is 9.53 Å². The van der Waals surface area contributed by atoms with E-state index in [2.05, 4.69) is 9.97 Å². The van der Waals surface area contributed by atoms with Gasteiger partial charge in [0, 0.05) is 37.7 Å². The van der Waals surface area contributed by atoms with E-state index in [0.717, 1.165) is 12.0 Å². The SMILES string of the molecule is CCCC(=O)N1CCN(C(=O)c2nc(-c3ccccc3)nc(C)c2C(=O)OCC)CC1C. The number of piperazine rings is 1. The van der Waals surface area contributed by atoms with Gasteiger partial charge in [0.05, 0.1) is 12.3 Å². The summed E-state index contributed by atoms with van der Waals surface area (Å²) in [6.07, 6.45) is 1.28. The fraction of sp³-hybridized carbons (Fsp3) is 0.458. The van der Waals surface area contributed by atoms with Crippen molar-refractivity contribution in [3.8, 4) is 11.4 Å². The lowest BCUT2D eigenvalue weighted by Crippen LogP contribution is -2.55. The van der Waals surface area contributed by atoms with Crippen molar-refractivity contribution in [3.05, 3.63) is 47.3 Å². The van der Waals surface area contributed by atoms with Gasteiger partial charge in [-0.3, -0.25) is 9.59 Å². The zero-order chi connectivity index (χ0) is 23.3. The Morgan fingerprint density at radius 3 is 2.44 bits per heavy atom. The van der Waals surface area contributed by atoms with E-state index in [-0.39, 0.29) is 35.7 Å². The van der Waals surface area contributed by atoms with Crippen molar-refractivity contribution in [3.63, 3.8) is 0 Å². The average molecular weight is 439 g/mol. The van der Waals surface area contributed by atoms with Crippen LogP contribution in [0.1, 0.15) is 60.2 Å². The summed E-state index contributed by atoms with van der Waals surface area (Å²) in [4.78, 5) is 51.0. The van der Waals surface area contributed by atoms with Crippen LogP contribution >= 0.6 is 0 Å². The quantitative estimate of drug-likeness (QED) is 0.644. The minimum Gasteiger partial charge on any atom is -0.462 e. The standard InChI is InChI=1S/C24H30N4O4/c1-5-10-19(29)28-14-13-27(15-16(28)3)23(30)21-20(24(31)32-6-2)17(4)25-22(26-21)18-11-8-7-9-12-18/h7-9,11-12,16H,5-6,10,13-15H2,1-4H3. The van der Waals surface area contributed by atoms with E-state index in [1.54, 1.807) is 18.7 Å². The molecule has 1 aliphatic rings. The Morgan fingerprint density at radius 2 is 1.81 bits per heavy atom. The molecule has 0 bridgehead atoms. The number of carbonyl (C=O) groups is 3. The predicted molar refractivity (Wildman–Crippen MR) is 120 cm³/mol. The summed E-state index contributed by atoms with van der Waals surface area (Å²) in [6, 6.07) is 9.21. The van der Waals surface area contributed by atoms with Crippen LogP contribution in [0.15, 0.2) is 30.3 Å². The van der Waals surface area contributed by atoms with Gasteiger partial charge in [0.1, 0.15) is 11.3 Å². The van der Waals surface area contributed by atoms with Gasteiger partial charge < -0.3 is 14.5 Å². The van der Waals surface area contributed by atoms with Gasteiger partial charge in [-0.25, -0.2) is 14.8 Å². The monoisotopic (exact) mass is 438 g/mol. The number of hydrogen-bond acceptors (Lipinski definition) is 6. The molecule has 2 amide bonds. The van der Waals surface area contributed by atoms with Gasteiger partial charge >= 0.3 is 5.97 Å². The molecular weight excluding hydrogens is 408 g/mol. The molecule has 1 aromatic carbocycles. The molecule has 0 aliphatic carbocycles. The largest absolute Gasteiger partial charge is 0.462 e. The highest BCUT2D eigenvalue weighted by molar-refractivity contribution is 6.05. The van der Waals surface area contributed by atoms with Crippen molar-refractivity contribution in [2.75, 3.05) is 26.2 Å². The van der Waals surface area contributed by atoms with Crippen LogP contribution in [0.25, 0.3) is 11.4 Å². The normalized spacial score (nSPS) is 16.1. The van der Waals surface area contributed by atoms with Crippen LogP contribution in [0.4, 0.5) is 0 Å². The van der Waals surface area contributed by atoms with Gasteiger partial charge in [-0.1, -0.05) is 37.3 Å². The molecule has 170 valence electrons. The summed E-state index contributed by atoms with van der Waals surface area (Å²) in [5.74, 6) is -0.490. The Bertz CT molecular complexity index is 993. The molecule has 1 fully saturated rings. The third-order valence-electron chi connectivity index (χ3n) is 5.50. The molecule has 1 aromatic heterocycles. The summed E-state index contributed by atoms with van der Waals surface area (Å²) in [6.45, 7) is 8.69. The van der Waals surface area contributed by atoms with Gasteiger partial charge in [-0.2, -0.15) is 0 Å². The number of aryl methyl sites for hydroxylation is 1. The minimum absolute atomic E-state index is 0.0373. The molecule has 32 heavy (non-hydrogen) atoms. The van der Waals surface area contributed by atoms with Gasteiger partial charge in [0.15, 0.2) is 5.82 Å².